The van der Waals surface area contributed by atoms with Gasteiger partial charge in [0.05, 0.1) is 6.54 Å². The number of hydrogen-bond acceptors (Lipinski definition) is 7. The Kier molecular flexibility index (Phi) is 3.81. The maximum absolute atomic E-state index is 13.0. The quantitative estimate of drug-likeness (QED) is 0.785. The number of carbonyl (C=O) groups is 2. The highest BCUT2D eigenvalue weighted by atomic mass is 16.8. The molecule has 0 bridgehead atoms. The first-order valence-electron chi connectivity index (χ1n) is 8.55. The number of anilines is 2. The molecule has 1 N–H and O–H groups in total. The average molecular weight is 362 g/mol. The van der Waals surface area contributed by atoms with Crippen molar-refractivity contribution in [1.82, 2.24) is 10.3 Å². The molecule has 4 heterocycles. The zero-order valence-electron chi connectivity index (χ0n) is 15.2. The number of nitrogens with one attached hydrogen (secondary N) is 1. The molecule has 0 radical (unpaired) electrons. The first-order valence-corrected chi connectivity index (χ1v) is 8.55. The van der Waals surface area contributed by atoms with Crippen molar-refractivity contribution in [2.45, 2.75) is 37.9 Å². The molecular weight excluding hydrogens is 340 g/mol. The van der Waals surface area contributed by atoms with Crippen LogP contribution in [0.2, 0.25) is 0 Å². The number of hydrogen-bond donors (Lipinski definition) is 1. The lowest BCUT2D eigenvalue weighted by Crippen LogP contribution is -2.49. The van der Waals surface area contributed by atoms with E-state index in [1.165, 1.54) is 4.90 Å². The fourth-order valence-electron chi connectivity index (χ4n) is 3.47. The molecule has 1 aromatic rings. The number of nitrogens with zero attached hydrogens (tertiary/aromatic N) is 3. The van der Waals surface area contributed by atoms with E-state index in [1.54, 1.807) is 33.0 Å². The second-order valence-electron chi connectivity index (χ2n) is 7.17. The van der Waals surface area contributed by atoms with Crippen LogP contribution >= 0.6 is 0 Å². The van der Waals surface area contributed by atoms with Gasteiger partial charge in [0, 0.05) is 14.1 Å². The summed E-state index contributed by atoms with van der Waals surface area (Å²) < 4.78 is 16.9. The van der Waals surface area contributed by atoms with Gasteiger partial charge in [-0.05, 0) is 26.0 Å². The lowest BCUT2D eigenvalue weighted by molar-refractivity contribution is -0.164. The molecular formula is C17H22N4O5. The van der Waals surface area contributed by atoms with E-state index in [2.05, 4.69) is 10.3 Å². The maximum Gasteiger partial charge on any atom is 0.253 e. The second-order valence-corrected chi connectivity index (χ2v) is 7.17. The summed E-state index contributed by atoms with van der Waals surface area (Å²) in [7, 11) is 3.55. The first kappa shape index (κ1) is 17.0. The van der Waals surface area contributed by atoms with Crippen molar-refractivity contribution in [3.05, 3.63) is 12.1 Å². The van der Waals surface area contributed by atoms with Gasteiger partial charge in [-0.25, -0.2) is 4.98 Å². The van der Waals surface area contributed by atoms with E-state index < -0.39 is 24.0 Å². The van der Waals surface area contributed by atoms with Crippen LogP contribution in [-0.2, 0) is 19.1 Å². The fourth-order valence-corrected chi connectivity index (χ4v) is 3.47. The molecule has 1 aromatic heterocycles. The average Bonchev–Trinajstić information content (AvgIpc) is 3.07. The Morgan fingerprint density at radius 2 is 2.15 bits per heavy atom. The monoisotopic (exact) mass is 362 g/mol. The van der Waals surface area contributed by atoms with Crippen LogP contribution in [0.1, 0.15) is 13.8 Å². The number of rotatable bonds is 2. The van der Waals surface area contributed by atoms with Gasteiger partial charge in [0.15, 0.2) is 23.5 Å². The number of carbonyl (C=O) groups excluding carboxylic acids is 2. The van der Waals surface area contributed by atoms with Gasteiger partial charge in [0.25, 0.3) is 11.8 Å². The molecule has 2 fully saturated rings. The van der Waals surface area contributed by atoms with E-state index in [9.17, 15) is 9.59 Å². The van der Waals surface area contributed by atoms with Gasteiger partial charge < -0.3 is 24.4 Å². The predicted molar refractivity (Wildman–Crippen MR) is 92.2 cm³/mol. The van der Waals surface area contributed by atoms with Crippen molar-refractivity contribution in [3.8, 4) is 5.75 Å². The highest BCUT2D eigenvalue weighted by Crippen LogP contribution is 2.35. The number of ether oxygens (including phenoxy) is 3. The summed E-state index contributed by atoms with van der Waals surface area (Å²) in [6, 6.07) is 2.71. The smallest absolute Gasteiger partial charge is 0.253 e. The number of aromatic nitrogens is 1. The Labute approximate surface area is 151 Å². The SMILES string of the molecule is CN1CCOc2ccc(N(C)C(=O)[C@H]3NC(=O)[C@H]4OC(C)(C)O[C@@H]34)nc21. The Morgan fingerprint density at radius 3 is 2.92 bits per heavy atom. The third-order valence-corrected chi connectivity index (χ3v) is 4.82. The number of likely N-dealkylation sites (N-methyl/N-ethyl adjacent to an activating group) is 2. The van der Waals surface area contributed by atoms with Crippen LogP contribution in [0, 0.1) is 0 Å². The van der Waals surface area contributed by atoms with E-state index >= 15 is 0 Å². The van der Waals surface area contributed by atoms with Crippen molar-refractivity contribution in [2.24, 2.45) is 0 Å². The van der Waals surface area contributed by atoms with Gasteiger partial charge in [-0.15, -0.1) is 0 Å². The minimum absolute atomic E-state index is 0.306. The normalized spacial score (nSPS) is 28.8. The van der Waals surface area contributed by atoms with Gasteiger partial charge in [-0.2, -0.15) is 0 Å². The molecule has 0 aliphatic carbocycles. The zero-order valence-corrected chi connectivity index (χ0v) is 15.2. The summed E-state index contributed by atoms with van der Waals surface area (Å²) in [6.45, 7) is 4.78. The predicted octanol–water partition coefficient (Wildman–Crippen LogP) is -0.108. The Bertz CT molecular complexity index is 768. The minimum Gasteiger partial charge on any atom is -0.488 e. The Morgan fingerprint density at radius 1 is 1.38 bits per heavy atom. The van der Waals surface area contributed by atoms with Gasteiger partial charge in [0.2, 0.25) is 0 Å². The van der Waals surface area contributed by atoms with Gasteiger partial charge in [-0.1, -0.05) is 0 Å². The summed E-state index contributed by atoms with van der Waals surface area (Å²) in [5.74, 6) is 0.309. The van der Waals surface area contributed by atoms with Crippen LogP contribution in [0.25, 0.3) is 0 Å². The lowest BCUT2D eigenvalue weighted by atomic mass is 10.1. The molecule has 2 saturated heterocycles. The summed E-state index contributed by atoms with van der Waals surface area (Å²) in [6.07, 6.45) is -1.43. The molecule has 3 atom stereocenters. The van der Waals surface area contributed by atoms with Crippen molar-refractivity contribution >= 4 is 23.5 Å². The summed E-state index contributed by atoms with van der Waals surface area (Å²) in [5, 5.41) is 2.67. The third-order valence-electron chi connectivity index (χ3n) is 4.82. The molecule has 2 amide bonds. The Hall–Kier alpha value is -2.39. The van der Waals surface area contributed by atoms with Crippen molar-refractivity contribution in [1.29, 1.82) is 0 Å². The molecule has 9 heteroatoms. The van der Waals surface area contributed by atoms with Crippen LogP contribution in [0.4, 0.5) is 11.6 Å². The van der Waals surface area contributed by atoms with Gasteiger partial charge in [0.1, 0.15) is 24.6 Å². The molecule has 4 rings (SSSR count). The molecule has 9 nitrogen and oxygen atoms in total. The highest BCUT2D eigenvalue weighted by Gasteiger charge is 2.56. The van der Waals surface area contributed by atoms with Crippen LogP contribution in [0.15, 0.2) is 12.1 Å². The molecule has 26 heavy (non-hydrogen) atoms. The van der Waals surface area contributed by atoms with Crippen LogP contribution < -0.4 is 19.9 Å². The highest BCUT2D eigenvalue weighted by molar-refractivity contribution is 6.02. The molecule has 0 spiro atoms. The summed E-state index contributed by atoms with van der Waals surface area (Å²) in [5.41, 5.74) is 0. The van der Waals surface area contributed by atoms with E-state index in [-0.39, 0.29) is 11.8 Å². The number of pyridine rings is 1. The Balaban J connectivity index is 1.57. The van der Waals surface area contributed by atoms with Gasteiger partial charge >= 0.3 is 0 Å². The van der Waals surface area contributed by atoms with E-state index in [0.29, 0.717) is 24.0 Å². The van der Waals surface area contributed by atoms with Crippen molar-refractivity contribution in [3.63, 3.8) is 0 Å². The molecule has 0 aromatic carbocycles. The second kappa shape index (κ2) is 5.82. The number of fused-ring (bicyclic) bond motifs is 2. The molecule has 3 aliphatic heterocycles. The van der Waals surface area contributed by atoms with Crippen LogP contribution in [0.5, 0.6) is 5.75 Å². The number of amides is 2. The molecule has 3 aliphatic rings. The topological polar surface area (TPSA) is 93.2 Å². The molecule has 140 valence electrons. The lowest BCUT2D eigenvalue weighted by Gasteiger charge is -2.29. The standard InChI is InChI=1S/C17H22N4O5/c1-17(2)25-12-11(19-15(22)13(12)26-17)16(23)21(4)10-6-5-9-14(18-10)20(3)7-8-24-9/h5-6,11-13H,7-8H2,1-4H3,(H,19,22)/t11-,12-,13-/m0/s1. The first-order chi connectivity index (χ1) is 12.3. The van der Waals surface area contributed by atoms with E-state index in [0.717, 1.165) is 6.54 Å². The molecule has 0 saturated carbocycles. The van der Waals surface area contributed by atoms with E-state index in [1.807, 2.05) is 11.9 Å². The fraction of sp³-hybridized carbons (Fsp3) is 0.588. The zero-order chi connectivity index (χ0) is 18.6. The largest absolute Gasteiger partial charge is 0.488 e. The van der Waals surface area contributed by atoms with Crippen LogP contribution in [-0.4, -0.2) is 68.1 Å². The maximum atomic E-state index is 13.0. The van der Waals surface area contributed by atoms with Crippen molar-refractivity contribution < 1.29 is 23.8 Å². The minimum atomic E-state index is -0.895. The molecule has 0 unspecified atom stereocenters. The summed E-state index contributed by atoms with van der Waals surface area (Å²) >= 11 is 0. The van der Waals surface area contributed by atoms with Crippen molar-refractivity contribution in [2.75, 3.05) is 37.0 Å². The van der Waals surface area contributed by atoms with Gasteiger partial charge in [-0.3, -0.25) is 14.5 Å². The third kappa shape index (κ3) is 2.67. The summed E-state index contributed by atoms with van der Waals surface area (Å²) in [4.78, 5) is 33.1. The van der Waals surface area contributed by atoms with E-state index in [4.69, 9.17) is 14.2 Å². The van der Waals surface area contributed by atoms with Crippen LogP contribution in [0.3, 0.4) is 0 Å².